The summed E-state index contributed by atoms with van der Waals surface area (Å²) in [4.78, 5) is 0. The number of furan rings is 1. The molecule has 0 saturated heterocycles. The second-order valence-corrected chi connectivity index (χ2v) is 10.1. The predicted octanol–water partition coefficient (Wildman–Crippen LogP) is 13.1. The van der Waals surface area contributed by atoms with Crippen LogP contribution in [0.1, 0.15) is 34.3 Å². The topological polar surface area (TPSA) is 13.1 Å². The van der Waals surface area contributed by atoms with Crippen molar-refractivity contribution in [2.75, 3.05) is 0 Å². The Kier molecular flexibility index (Phi) is 2.86. The lowest BCUT2D eigenvalue weighted by atomic mass is 9.84. The molecule has 1 heterocycles. The van der Waals surface area contributed by atoms with Crippen LogP contribution in [0.5, 0.6) is 0 Å². The highest BCUT2D eigenvalue weighted by atomic mass is 16.3. The minimum Gasteiger partial charge on any atom is -0.455 e. The Hall–Kier alpha value is -6.18. The molecule has 0 radical (unpaired) electrons. The molecule has 0 saturated carbocycles. The van der Waals surface area contributed by atoms with Crippen molar-refractivity contribution in [3.63, 3.8) is 0 Å². The summed E-state index contributed by atoms with van der Waals surface area (Å²) in [5.41, 5.74) is -6.07. The molecule has 0 unspecified atom stereocenters. The van der Waals surface area contributed by atoms with Crippen LogP contribution < -0.4 is 0 Å². The van der Waals surface area contributed by atoms with E-state index in [0.29, 0.717) is 0 Å². The summed E-state index contributed by atoms with van der Waals surface area (Å²) in [6, 6.07) is -15.0. The van der Waals surface area contributed by atoms with E-state index in [1.165, 1.54) is 12.1 Å². The molecule has 0 amide bonds. The first kappa shape index (κ1) is 11.9. The van der Waals surface area contributed by atoms with Crippen LogP contribution in [0.15, 0.2) is 186 Å². The molecule has 1 heteroatoms. The van der Waals surface area contributed by atoms with Gasteiger partial charge in [0.25, 0.3) is 0 Å². The van der Waals surface area contributed by atoms with Gasteiger partial charge in [0.2, 0.25) is 0 Å². The van der Waals surface area contributed by atoms with E-state index in [-0.39, 0.29) is 21.9 Å². The minimum absolute atomic E-state index is 0.129. The van der Waals surface area contributed by atoms with Gasteiger partial charge >= 0.3 is 0 Å². The molecule has 9 rings (SSSR count). The van der Waals surface area contributed by atoms with Crippen molar-refractivity contribution in [2.45, 2.75) is 0 Å². The van der Waals surface area contributed by atoms with Crippen LogP contribution in [0.3, 0.4) is 0 Å². The van der Waals surface area contributed by atoms with Crippen LogP contribution in [0.2, 0.25) is 0 Å². The van der Waals surface area contributed by atoms with Gasteiger partial charge < -0.3 is 4.42 Å². The predicted molar refractivity (Wildman–Crippen MR) is 198 cm³/mol. The van der Waals surface area contributed by atoms with Gasteiger partial charge in [-0.1, -0.05) is 169 Å². The molecule has 0 spiro atoms. The Labute approximate surface area is 309 Å². The standard InChI is InChI=1S/C46H30O/c1-4-16-31(17-5-1)34-28-29-41-42(30-34)47-46(40-27-15-10-22-35(40)32-18-6-2-7-19-32)45(41)44-38-25-13-11-23-36(38)43(33-20-8-3-9-21-33)37-24-12-14-26-39(37)44/h1-30H/i1D,2D,4D,5D,6D,7D,10D,11D,12D,13D,14D,15D,16D,17D,18D,19D,22D,23D,24D,25D,26D,27D,28D,29D,30D. The van der Waals surface area contributed by atoms with Gasteiger partial charge in [0.15, 0.2) is 0 Å². The Morgan fingerprint density at radius 3 is 1.53 bits per heavy atom. The van der Waals surface area contributed by atoms with E-state index in [1.807, 2.05) is 0 Å². The Morgan fingerprint density at radius 1 is 0.362 bits per heavy atom. The minimum atomic E-state index is -1.05. The van der Waals surface area contributed by atoms with E-state index in [9.17, 15) is 12.3 Å². The second kappa shape index (κ2) is 11.3. The first-order valence-corrected chi connectivity index (χ1v) is 14.1. The highest BCUT2D eigenvalue weighted by molar-refractivity contribution is 6.25. The highest BCUT2D eigenvalue weighted by Crippen LogP contribution is 2.51. The Bertz CT molecular complexity index is 3840. The molecule has 0 fully saturated rings. The fourth-order valence-corrected chi connectivity index (χ4v) is 5.64. The molecule has 0 aliphatic carbocycles. The van der Waals surface area contributed by atoms with Crippen molar-refractivity contribution in [1.29, 1.82) is 0 Å². The number of hydrogen-bond acceptors (Lipinski definition) is 1. The third-order valence-electron chi connectivity index (χ3n) is 7.56. The summed E-state index contributed by atoms with van der Waals surface area (Å²) < 4.78 is 231. The zero-order valence-electron chi connectivity index (χ0n) is 48.8. The van der Waals surface area contributed by atoms with Crippen molar-refractivity contribution in [3.8, 4) is 55.8 Å². The Morgan fingerprint density at radius 2 is 0.894 bits per heavy atom. The van der Waals surface area contributed by atoms with E-state index in [0.717, 1.165) is 0 Å². The van der Waals surface area contributed by atoms with Gasteiger partial charge in [-0.15, -0.1) is 0 Å². The van der Waals surface area contributed by atoms with E-state index < -0.39 is 218 Å². The van der Waals surface area contributed by atoms with Gasteiger partial charge in [0, 0.05) is 22.1 Å². The van der Waals surface area contributed by atoms with Crippen molar-refractivity contribution in [3.05, 3.63) is 181 Å². The molecule has 1 aromatic heterocycles. The zero-order chi connectivity index (χ0) is 52.9. The molecule has 0 atom stereocenters. The summed E-state index contributed by atoms with van der Waals surface area (Å²) in [5.74, 6) is -0.895. The number of rotatable bonds is 5. The number of fused-ring (bicyclic) bond motifs is 3. The van der Waals surface area contributed by atoms with Crippen LogP contribution in [0.25, 0.3) is 88.3 Å². The third kappa shape index (κ3) is 4.56. The normalized spacial score (nSPS) is 18.9. The SMILES string of the molecule is [2H]c1c([2H])c([2H])c(-c2c([2H])c([2H])c([2H])c([2H])c2-c2oc3c([2H])c(-c4c([2H])c([2H])c([2H])c([2H])c4[2H])c([2H])c([2H])c3c2-c2c3c([2H])c([2H])c([2H])c([2H])c3c(-c3ccccc3)c3c([2H])c([2H])c([2H])c([2H])c23)c([2H])c1[2H]. The van der Waals surface area contributed by atoms with Gasteiger partial charge in [0.1, 0.15) is 11.3 Å². The van der Waals surface area contributed by atoms with Gasteiger partial charge in [-0.05, 0) is 67.0 Å². The molecule has 0 N–H and O–H groups in total. The zero-order valence-corrected chi connectivity index (χ0v) is 23.8. The number of benzene rings is 8. The lowest BCUT2D eigenvalue weighted by Gasteiger charge is -2.18. The summed E-state index contributed by atoms with van der Waals surface area (Å²) in [7, 11) is 0. The second-order valence-electron chi connectivity index (χ2n) is 10.1. The van der Waals surface area contributed by atoms with Gasteiger partial charge in [-0.2, -0.15) is 0 Å². The lowest BCUT2D eigenvalue weighted by Crippen LogP contribution is -1.92. The van der Waals surface area contributed by atoms with Crippen LogP contribution in [0, 0.1) is 0 Å². The molecule has 220 valence electrons. The van der Waals surface area contributed by atoms with Crippen LogP contribution >= 0.6 is 0 Å². The summed E-state index contributed by atoms with van der Waals surface area (Å²) in [5, 5.41) is -2.50. The fraction of sp³-hybridized carbons (Fsp3) is 0. The molecule has 47 heavy (non-hydrogen) atoms. The monoisotopic (exact) mass is 623 g/mol. The maximum Gasteiger partial charge on any atom is 0.143 e. The summed E-state index contributed by atoms with van der Waals surface area (Å²) in [6.45, 7) is 0. The van der Waals surface area contributed by atoms with Crippen molar-refractivity contribution >= 4 is 32.5 Å². The highest BCUT2D eigenvalue weighted by Gasteiger charge is 2.25. The molecule has 1 nitrogen and oxygen atoms in total. The van der Waals surface area contributed by atoms with E-state index in [1.54, 1.807) is 18.2 Å². The van der Waals surface area contributed by atoms with Crippen molar-refractivity contribution < 1.29 is 38.7 Å². The smallest absolute Gasteiger partial charge is 0.143 e. The molecular formula is C46H30O. The van der Waals surface area contributed by atoms with E-state index in [4.69, 9.17) is 26.3 Å². The number of hydrogen-bond donors (Lipinski definition) is 0. The fourth-order valence-electron chi connectivity index (χ4n) is 5.64. The first-order chi connectivity index (χ1) is 33.7. The molecule has 8 aromatic carbocycles. The van der Waals surface area contributed by atoms with E-state index >= 15 is 0 Å². The molecule has 9 aromatic rings. The van der Waals surface area contributed by atoms with Crippen molar-refractivity contribution in [1.82, 2.24) is 0 Å². The Balaban J connectivity index is 1.69. The quantitative estimate of drug-likeness (QED) is 0.174. The molecule has 0 aliphatic rings. The van der Waals surface area contributed by atoms with Crippen LogP contribution in [-0.2, 0) is 0 Å². The maximum atomic E-state index is 9.74. The molecular weight excluding hydrogens is 569 g/mol. The molecule has 0 aliphatic heterocycles. The van der Waals surface area contributed by atoms with Crippen molar-refractivity contribution in [2.24, 2.45) is 0 Å². The average molecular weight is 624 g/mol. The van der Waals surface area contributed by atoms with E-state index in [2.05, 4.69) is 0 Å². The average Bonchev–Trinajstić information content (AvgIpc) is 3.76. The summed E-state index contributed by atoms with van der Waals surface area (Å²) in [6.07, 6.45) is 0. The first-order valence-electron chi connectivity index (χ1n) is 26.6. The summed E-state index contributed by atoms with van der Waals surface area (Å²) >= 11 is 0. The van der Waals surface area contributed by atoms with Gasteiger partial charge in [0.05, 0.1) is 34.3 Å². The molecule has 0 bridgehead atoms. The van der Waals surface area contributed by atoms with Gasteiger partial charge in [-0.3, -0.25) is 0 Å². The largest absolute Gasteiger partial charge is 0.455 e. The van der Waals surface area contributed by atoms with Crippen LogP contribution in [-0.4, -0.2) is 0 Å². The van der Waals surface area contributed by atoms with Gasteiger partial charge in [-0.25, -0.2) is 0 Å². The third-order valence-corrected chi connectivity index (χ3v) is 7.56. The lowest BCUT2D eigenvalue weighted by molar-refractivity contribution is 0.633. The van der Waals surface area contributed by atoms with Crippen LogP contribution in [0.4, 0.5) is 0 Å². The maximum absolute atomic E-state index is 9.74.